The van der Waals surface area contributed by atoms with Crippen LogP contribution in [-0.2, 0) is 16.2 Å². The van der Waals surface area contributed by atoms with Crippen LogP contribution in [0, 0.1) is 5.92 Å². The van der Waals surface area contributed by atoms with Crippen molar-refractivity contribution in [2.75, 3.05) is 33.8 Å². The number of hydrogen-bond acceptors (Lipinski definition) is 4. The van der Waals surface area contributed by atoms with Crippen LogP contribution in [0.3, 0.4) is 0 Å². The summed E-state index contributed by atoms with van der Waals surface area (Å²) in [5, 5.41) is 0. The van der Waals surface area contributed by atoms with Gasteiger partial charge in [0.25, 0.3) is 5.91 Å². The van der Waals surface area contributed by atoms with Crippen molar-refractivity contribution in [2.45, 2.75) is 19.4 Å². The zero-order valence-electron chi connectivity index (χ0n) is 17.0. The minimum atomic E-state index is -0.0508. The van der Waals surface area contributed by atoms with Crippen LogP contribution in [0.2, 0.25) is 0 Å². The van der Waals surface area contributed by atoms with Gasteiger partial charge in [0.1, 0.15) is 18.1 Å². The van der Waals surface area contributed by atoms with Gasteiger partial charge in [0, 0.05) is 33.1 Å². The van der Waals surface area contributed by atoms with E-state index in [-0.39, 0.29) is 24.3 Å². The highest BCUT2D eigenvalue weighted by Gasteiger charge is 2.28. The lowest BCUT2D eigenvalue weighted by molar-refractivity contribution is -0.140. The van der Waals surface area contributed by atoms with Crippen molar-refractivity contribution in [3.8, 4) is 11.5 Å². The molecule has 0 radical (unpaired) electrons. The second-order valence-corrected chi connectivity index (χ2v) is 7.42. The van der Waals surface area contributed by atoms with E-state index in [0.717, 1.165) is 11.3 Å². The second kappa shape index (κ2) is 9.96. The molecule has 1 aliphatic heterocycles. The molecule has 0 aliphatic carbocycles. The molecule has 3 rings (SSSR count). The van der Waals surface area contributed by atoms with Crippen molar-refractivity contribution in [1.82, 2.24) is 9.80 Å². The first-order valence-electron chi connectivity index (χ1n) is 9.91. The van der Waals surface area contributed by atoms with E-state index in [9.17, 15) is 9.59 Å². The number of benzene rings is 2. The summed E-state index contributed by atoms with van der Waals surface area (Å²) in [7, 11) is 3.54. The molecule has 29 heavy (non-hydrogen) atoms. The van der Waals surface area contributed by atoms with Crippen LogP contribution in [0.1, 0.15) is 18.4 Å². The first kappa shape index (κ1) is 20.7. The first-order valence-corrected chi connectivity index (χ1v) is 9.91. The Morgan fingerprint density at radius 2 is 1.52 bits per heavy atom. The summed E-state index contributed by atoms with van der Waals surface area (Å²) in [6, 6.07) is 17.2. The highest BCUT2D eigenvalue weighted by molar-refractivity contribution is 5.80. The third kappa shape index (κ3) is 5.98. The average Bonchev–Trinajstić information content (AvgIpc) is 2.77. The standard InChI is InChI=1S/C23H28N2O4/c1-24(2)23(27)19-12-14-25(15-13-19)22(26)17-29-21-10-8-20(9-11-21)28-16-18-6-4-3-5-7-18/h3-11,19H,12-17H2,1-2H3. The van der Waals surface area contributed by atoms with Gasteiger partial charge in [0.05, 0.1) is 0 Å². The molecular formula is C23H28N2O4. The van der Waals surface area contributed by atoms with E-state index in [1.165, 1.54) is 0 Å². The Labute approximate surface area is 172 Å². The molecule has 0 spiro atoms. The Kier molecular flexibility index (Phi) is 7.11. The molecule has 0 atom stereocenters. The van der Waals surface area contributed by atoms with Crippen LogP contribution >= 0.6 is 0 Å². The summed E-state index contributed by atoms with van der Waals surface area (Å²) < 4.78 is 11.4. The van der Waals surface area contributed by atoms with E-state index in [2.05, 4.69) is 0 Å². The quantitative estimate of drug-likeness (QED) is 0.722. The fourth-order valence-electron chi connectivity index (χ4n) is 3.35. The summed E-state index contributed by atoms with van der Waals surface area (Å²) >= 11 is 0. The van der Waals surface area contributed by atoms with Gasteiger partial charge in [-0.25, -0.2) is 0 Å². The molecule has 6 heteroatoms. The van der Waals surface area contributed by atoms with Gasteiger partial charge in [-0.3, -0.25) is 9.59 Å². The van der Waals surface area contributed by atoms with Crippen molar-refractivity contribution >= 4 is 11.8 Å². The van der Waals surface area contributed by atoms with Crippen molar-refractivity contribution in [3.05, 3.63) is 60.2 Å². The van der Waals surface area contributed by atoms with Gasteiger partial charge in [0.15, 0.2) is 6.61 Å². The largest absolute Gasteiger partial charge is 0.489 e. The molecule has 1 saturated heterocycles. The Bertz CT molecular complexity index is 797. The third-order valence-corrected chi connectivity index (χ3v) is 5.07. The third-order valence-electron chi connectivity index (χ3n) is 5.07. The number of amides is 2. The van der Waals surface area contributed by atoms with Gasteiger partial charge in [-0.1, -0.05) is 30.3 Å². The van der Waals surface area contributed by atoms with Crippen LogP contribution in [-0.4, -0.2) is 55.4 Å². The summed E-state index contributed by atoms with van der Waals surface area (Å²) in [5.74, 6) is 1.48. The van der Waals surface area contributed by atoms with Crippen LogP contribution in [0.15, 0.2) is 54.6 Å². The molecule has 0 N–H and O–H groups in total. The average molecular weight is 396 g/mol. The van der Waals surface area contributed by atoms with Crippen molar-refractivity contribution in [2.24, 2.45) is 5.92 Å². The lowest BCUT2D eigenvalue weighted by atomic mass is 9.95. The number of hydrogen-bond donors (Lipinski definition) is 0. The van der Waals surface area contributed by atoms with E-state index in [4.69, 9.17) is 9.47 Å². The lowest BCUT2D eigenvalue weighted by Gasteiger charge is -2.32. The van der Waals surface area contributed by atoms with Crippen molar-refractivity contribution in [1.29, 1.82) is 0 Å². The van der Waals surface area contributed by atoms with E-state index < -0.39 is 0 Å². The molecule has 0 aromatic heterocycles. The SMILES string of the molecule is CN(C)C(=O)C1CCN(C(=O)COc2ccc(OCc3ccccc3)cc2)CC1. The highest BCUT2D eigenvalue weighted by Crippen LogP contribution is 2.21. The van der Waals surface area contributed by atoms with Gasteiger partial charge in [0.2, 0.25) is 5.91 Å². The molecule has 0 bridgehead atoms. The molecule has 1 heterocycles. The van der Waals surface area contributed by atoms with Gasteiger partial charge in [-0.2, -0.15) is 0 Å². The first-order chi connectivity index (χ1) is 14.0. The maximum atomic E-state index is 12.4. The molecule has 6 nitrogen and oxygen atoms in total. The highest BCUT2D eigenvalue weighted by atomic mass is 16.5. The van der Waals surface area contributed by atoms with Crippen LogP contribution in [0.25, 0.3) is 0 Å². The van der Waals surface area contributed by atoms with E-state index in [1.54, 1.807) is 36.0 Å². The predicted molar refractivity (Wildman–Crippen MR) is 111 cm³/mol. The Morgan fingerprint density at radius 1 is 0.931 bits per heavy atom. The number of piperidine rings is 1. The Balaban J connectivity index is 1.41. The van der Waals surface area contributed by atoms with Gasteiger partial charge >= 0.3 is 0 Å². The predicted octanol–water partition coefficient (Wildman–Crippen LogP) is 2.97. The zero-order valence-corrected chi connectivity index (χ0v) is 17.0. The Hall–Kier alpha value is -3.02. The van der Waals surface area contributed by atoms with E-state index in [1.807, 2.05) is 42.5 Å². The lowest BCUT2D eigenvalue weighted by Crippen LogP contribution is -2.44. The van der Waals surface area contributed by atoms with Gasteiger partial charge in [-0.05, 0) is 42.7 Å². The minimum absolute atomic E-state index is 0.00346. The second-order valence-electron chi connectivity index (χ2n) is 7.42. The summed E-state index contributed by atoms with van der Waals surface area (Å²) in [6.07, 6.45) is 1.41. The molecule has 0 saturated carbocycles. The summed E-state index contributed by atoms with van der Waals surface area (Å²) in [5.41, 5.74) is 1.11. The fraction of sp³-hybridized carbons (Fsp3) is 0.391. The number of carbonyl (C=O) groups is 2. The molecule has 1 aliphatic rings. The number of nitrogens with zero attached hydrogens (tertiary/aromatic N) is 2. The fourth-order valence-corrected chi connectivity index (χ4v) is 3.35. The monoisotopic (exact) mass is 396 g/mol. The molecule has 154 valence electrons. The molecule has 2 aromatic rings. The smallest absolute Gasteiger partial charge is 0.260 e. The minimum Gasteiger partial charge on any atom is -0.489 e. The van der Waals surface area contributed by atoms with Gasteiger partial charge < -0.3 is 19.3 Å². The van der Waals surface area contributed by atoms with E-state index in [0.29, 0.717) is 38.3 Å². The summed E-state index contributed by atoms with van der Waals surface area (Å²) in [6.45, 7) is 1.69. The summed E-state index contributed by atoms with van der Waals surface area (Å²) in [4.78, 5) is 27.8. The number of rotatable bonds is 7. The van der Waals surface area contributed by atoms with Crippen LogP contribution < -0.4 is 9.47 Å². The normalized spacial score (nSPS) is 14.3. The van der Waals surface area contributed by atoms with Crippen LogP contribution in [0.4, 0.5) is 0 Å². The van der Waals surface area contributed by atoms with E-state index >= 15 is 0 Å². The van der Waals surface area contributed by atoms with Gasteiger partial charge in [-0.15, -0.1) is 0 Å². The zero-order chi connectivity index (χ0) is 20.6. The molecule has 2 aromatic carbocycles. The Morgan fingerprint density at radius 3 is 2.10 bits per heavy atom. The van der Waals surface area contributed by atoms with Crippen LogP contribution in [0.5, 0.6) is 11.5 Å². The topological polar surface area (TPSA) is 59.1 Å². The molecule has 1 fully saturated rings. The van der Waals surface area contributed by atoms with Crippen molar-refractivity contribution < 1.29 is 19.1 Å². The number of likely N-dealkylation sites (tertiary alicyclic amines) is 1. The molecular weight excluding hydrogens is 368 g/mol. The molecule has 2 amide bonds. The maximum Gasteiger partial charge on any atom is 0.260 e. The maximum absolute atomic E-state index is 12.4. The van der Waals surface area contributed by atoms with Crippen molar-refractivity contribution in [3.63, 3.8) is 0 Å². The number of ether oxygens (including phenoxy) is 2. The number of carbonyl (C=O) groups excluding carboxylic acids is 2. The molecule has 0 unspecified atom stereocenters.